The van der Waals surface area contributed by atoms with Crippen molar-refractivity contribution in [1.82, 2.24) is 9.80 Å². The maximum atomic E-state index is 6.43. The summed E-state index contributed by atoms with van der Waals surface area (Å²) in [5, 5.41) is 0. The molecule has 112 valence electrons. The molecule has 1 aliphatic heterocycles. The summed E-state index contributed by atoms with van der Waals surface area (Å²) in [5.74, 6) is 0. The molecular formula is C17H29N3. The Bertz CT molecular complexity index is 444. The molecule has 1 saturated heterocycles. The van der Waals surface area contributed by atoms with Crippen LogP contribution in [0.5, 0.6) is 0 Å². The zero-order valence-corrected chi connectivity index (χ0v) is 13.4. The third-order valence-corrected chi connectivity index (χ3v) is 4.54. The molecule has 1 fully saturated rings. The smallest absolute Gasteiger partial charge is 0.0426 e. The molecular weight excluding hydrogens is 246 g/mol. The van der Waals surface area contributed by atoms with E-state index in [0.29, 0.717) is 6.04 Å². The van der Waals surface area contributed by atoms with Gasteiger partial charge in [0.15, 0.2) is 0 Å². The molecule has 2 unspecified atom stereocenters. The fraction of sp³-hybridized carbons (Fsp3) is 0.647. The summed E-state index contributed by atoms with van der Waals surface area (Å²) in [5.41, 5.74) is 10.4. The molecule has 2 N–H and O–H groups in total. The van der Waals surface area contributed by atoms with Gasteiger partial charge >= 0.3 is 0 Å². The summed E-state index contributed by atoms with van der Waals surface area (Å²) >= 11 is 0. The highest BCUT2D eigenvalue weighted by atomic mass is 15.3. The molecule has 0 aliphatic carbocycles. The van der Waals surface area contributed by atoms with Crippen LogP contribution in [0.3, 0.4) is 0 Å². The normalized spacial score (nSPS) is 22.9. The number of rotatable bonds is 4. The van der Waals surface area contributed by atoms with Crippen molar-refractivity contribution in [3.05, 3.63) is 34.9 Å². The molecule has 1 aromatic rings. The summed E-state index contributed by atoms with van der Waals surface area (Å²) in [7, 11) is 0. The first-order valence-electron chi connectivity index (χ1n) is 7.80. The second-order valence-electron chi connectivity index (χ2n) is 6.20. The Morgan fingerprint density at radius 2 is 2.05 bits per heavy atom. The molecule has 1 aliphatic rings. The number of hydrogen-bond acceptors (Lipinski definition) is 3. The van der Waals surface area contributed by atoms with Crippen molar-refractivity contribution in [2.24, 2.45) is 5.73 Å². The Labute approximate surface area is 123 Å². The number of piperazine rings is 1. The van der Waals surface area contributed by atoms with Gasteiger partial charge in [0.25, 0.3) is 0 Å². The van der Waals surface area contributed by atoms with Gasteiger partial charge in [-0.15, -0.1) is 0 Å². The van der Waals surface area contributed by atoms with E-state index in [1.54, 1.807) is 0 Å². The Morgan fingerprint density at radius 1 is 1.30 bits per heavy atom. The van der Waals surface area contributed by atoms with E-state index in [0.717, 1.165) is 32.7 Å². The van der Waals surface area contributed by atoms with Crippen LogP contribution in [0.4, 0.5) is 0 Å². The highest BCUT2D eigenvalue weighted by molar-refractivity contribution is 5.32. The van der Waals surface area contributed by atoms with Crippen LogP contribution in [0.15, 0.2) is 18.2 Å². The maximum absolute atomic E-state index is 6.43. The molecule has 0 aromatic heterocycles. The van der Waals surface area contributed by atoms with Crippen molar-refractivity contribution >= 4 is 0 Å². The standard InChI is InChI=1S/C17H29N3/c1-5-20-9-8-19(11-15(20)4)12-17(18)16-7-6-13(2)10-14(16)3/h6-7,10,15,17H,5,8-9,11-12,18H2,1-4H3. The SMILES string of the molecule is CCN1CCN(CC(N)c2ccc(C)cc2C)CC1C. The summed E-state index contributed by atoms with van der Waals surface area (Å²) in [6.07, 6.45) is 0. The highest BCUT2D eigenvalue weighted by Crippen LogP contribution is 2.19. The Hall–Kier alpha value is -0.900. The monoisotopic (exact) mass is 275 g/mol. The fourth-order valence-corrected chi connectivity index (χ4v) is 3.32. The van der Waals surface area contributed by atoms with Crippen LogP contribution >= 0.6 is 0 Å². The molecule has 0 amide bonds. The number of aryl methyl sites for hydroxylation is 2. The molecule has 1 aromatic carbocycles. The largest absolute Gasteiger partial charge is 0.323 e. The van der Waals surface area contributed by atoms with Crippen LogP contribution in [0.1, 0.15) is 36.6 Å². The second kappa shape index (κ2) is 6.70. The van der Waals surface area contributed by atoms with Gasteiger partial charge in [-0.05, 0) is 38.4 Å². The summed E-state index contributed by atoms with van der Waals surface area (Å²) in [4.78, 5) is 5.06. The van der Waals surface area contributed by atoms with Crippen molar-refractivity contribution < 1.29 is 0 Å². The van der Waals surface area contributed by atoms with Crippen molar-refractivity contribution in [2.45, 2.75) is 39.8 Å². The average Bonchev–Trinajstić information content (AvgIpc) is 2.38. The van der Waals surface area contributed by atoms with E-state index in [-0.39, 0.29) is 6.04 Å². The number of nitrogens with zero attached hydrogens (tertiary/aromatic N) is 2. The van der Waals surface area contributed by atoms with Gasteiger partial charge in [-0.25, -0.2) is 0 Å². The summed E-state index contributed by atoms with van der Waals surface area (Å²) in [6.45, 7) is 14.4. The van der Waals surface area contributed by atoms with Crippen LogP contribution in [-0.4, -0.2) is 48.6 Å². The van der Waals surface area contributed by atoms with E-state index in [4.69, 9.17) is 5.73 Å². The Balaban J connectivity index is 1.96. The van der Waals surface area contributed by atoms with Gasteiger partial charge in [0.05, 0.1) is 0 Å². The van der Waals surface area contributed by atoms with E-state index in [1.165, 1.54) is 16.7 Å². The predicted molar refractivity (Wildman–Crippen MR) is 86.0 cm³/mol. The van der Waals surface area contributed by atoms with Gasteiger partial charge < -0.3 is 5.73 Å². The van der Waals surface area contributed by atoms with Crippen molar-refractivity contribution in [3.63, 3.8) is 0 Å². The molecule has 0 radical (unpaired) electrons. The highest BCUT2D eigenvalue weighted by Gasteiger charge is 2.24. The lowest BCUT2D eigenvalue weighted by Gasteiger charge is -2.40. The van der Waals surface area contributed by atoms with Crippen molar-refractivity contribution in [3.8, 4) is 0 Å². The van der Waals surface area contributed by atoms with E-state index < -0.39 is 0 Å². The lowest BCUT2D eigenvalue weighted by Crippen LogP contribution is -2.52. The third kappa shape index (κ3) is 3.60. The van der Waals surface area contributed by atoms with Gasteiger partial charge in [0, 0.05) is 38.3 Å². The maximum Gasteiger partial charge on any atom is 0.0426 e. The lowest BCUT2D eigenvalue weighted by molar-refractivity contribution is 0.0841. The van der Waals surface area contributed by atoms with Gasteiger partial charge in [0.1, 0.15) is 0 Å². The minimum Gasteiger partial charge on any atom is -0.323 e. The summed E-state index contributed by atoms with van der Waals surface area (Å²) < 4.78 is 0. The van der Waals surface area contributed by atoms with Crippen LogP contribution in [-0.2, 0) is 0 Å². The molecule has 2 rings (SSSR count). The first-order chi connectivity index (χ1) is 9.51. The number of hydrogen-bond donors (Lipinski definition) is 1. The number of nitrogens with two attached hydrogens (primary N) is 1. The van der Waals surface area contributed by atoms with Gasteiger partial charge in [-0.1, -0.05) is 30.7 Å². The van der Waals surface area contributed by atoms with Crippen molar-refractivity contribution in [2.75, 3.05) is 32.7 Å². The first kappa shape index (κ1) is 15.5. The quantitative estimate of drug-likeness (QED) is 0.915. The lowest BCUT2D eigenvalue weighted by atomic mass is 9.99. The minimum absolute atomic E-state index is 0.121. The van der Waals surface area contributed by atoms with Gasteiger partial charge in [0.2, 0.25) is 0 Å². The van der Waals surface area contributed by atoms with E-state index in [2.05, 4.69) is 55.7 Å². The zero-order valence-electron chi connectivity index (χ0n) is 13.4. The van der Waals surface area contributed by atoms with E-state index in [1.807, 2.05) is 0 Å². The van der Waals surface area contributed by atoms with Crippen LogP contribution in [0.2, 0.25) is 0 Å². The van der Waals surface area contributed by atoms with E-state index >= 15 is 0 Å². The van der Waals surface area contributed by atoms with Crippen LogP contribution in [0.25, 0.3) is 0 Å². The van der Waals surface area contributed by atoms with E-state index in [9.17, 15) is 0 Å². The molecule has 0 bridgehead atoms. The third-order valence-electron chi connectivity index (χ3n) is 4.54. The van der Waals surface area contributed by atoms with Crippen LogP contribution in [0, 0.1) is 13.8 Å². The second-order valence-corrected chi connectivity index (χ2v) is 6.20. The number of likely N-dealkylation sites (N-methyl/N-ethyl adjacent to an activating group) is 1. The van der Waals surface area contributed by atoms with Gasteiger partial charge in [-0.2, -0.15) is 0 Å². The molecule has 3 nitrogen and oxygen atoms in total. The summed E-state index contributed by atoms with van der Waals surface area (Å²) in [6, 6.07) is 7.35. The molecule has 1 heterocycles. The topological polar surface area (TPSA) is 32.5 Å². The zero-order chi connectivity index (χ0) is 14.7. The Morgan fingerprint density at radius 3 is 2.65 bits per heavy atom. The molecule has 2 atom stereocenters. The molecule has 0 saturated carbocycles. The first-order valence-corrected chi connectivity index (χ1v) is 7.80. The molecule has 3 heteroatoms. The molecule has 0 spiro atoms. The fourth-order valence-electron chi connectivity index (χ4n) is 3.32. The predicted octanol–water partition coefficient (Wildman–Crippen LogP) is 2.33. The van der Waals surface area contributed by atoms with Crippen LogP contribution < -0.4 is 5.73 Å². The average molecular weight is 275 g/mol. The molecule has 20 heavy (non-hydrogen) atoms. The minimum atomic E-state index is 0.121. The van der Waals surface area contributed by atoms with Crippen molar-refractivity contribution in [1.29, 1.82) is 0 Å². The Kier molecular flexibility index (Phi) is 5.19. The van der Waals surface area contributed by atoms with Gasteiger partial charge in [-0.3, -0.25) is 9.80 Å². The number of benzene rings is 1.